The van der Waals surface area contributed by atoms with Crippen molar-refractivity contribution in [3.8, 4) is 5.88 Å². The maximum atomic E-state index is 11.4. The first-order valence-electron chi connectivity index (χ1n) is 8.80. The van der Waals surface area contributed by atoms with Crippen molar-refractivity contribution >= 4 is 39.4 Å². The molecule has 0 saturated heterocycles. The molecule has 2 heterocycles. The van der Waals surface area contributed by atoms with E-state index in [2.05, 4.69) is 0 Å². The smallest absolute Gasteiger partial charge is 0.335 e. The van der Waals surface area contributed by atoms with Gasteiger partial charge in [0.1, 0.15) is 0 Å². The molecule has 5 nitrogen and oxygen atoms in total. The van der Waals surface area contributed by atoms with Gasteiger partial charge in [-0.15, -0.1) is 0 Å². The molecule has 0 bridgehead atoms. The minimum atomic E-state index is -0.942. The van der Waals surface area contributed by atoms with Crippen LogP contribution >= 0.6 is 11.6 Å². The molecule has 1 aliphatic rings. The molecule has 1 unspecified atom stereocenters. The summed E-state index contributed by atoms with van der Waals surface area (Å²) < 4.78 is 3.88. The van der Waals surface area contributed by atoms with Crippen molar-refractivity contribution in [1.82, 2.24) is 9.13 Å². The molecule has 6 heteroatoms. The molecule has 5 rings (SSSR count). The summed E-state index contributed by atoms with van der Waals surface area (Å²) in [6, 6.07) is 10.9. The van der Waals surface area contributed by atoms with E-state index < -0.39 is 5.97 Å². The average Bonchev–Trinajstić information content (AvgIpc) is 3.29. The second-order valence-corrected chi connectivity index (χ2v) is 7.49. The van der Waals surface area contributed by atoms with Crippen molar-refractivity contribution < 1.29 is 15.0 Å². The fraction of sp³-hybridized carbons (Fsp3) is 0.190. The van der Waals surface area contributed by atoms with Gasteiger partial charge in [-0.05, 0) is 48.2 Å². The van der Waals surface area contributed by atoms with E-state index in [0.29, 0.717) is 5.02 Å². The predicted molar refractivity (Wildman–Crippen MR) is 105 cm³/mol. The number of halogens is 1. The highest BCUT2D eigenvalue weighted by atomic mass is 35.5. The number of carboxylic acid groups (broad SMARTS) is 1. The van der Waals surface area contributed by atoms with Gasteiger partial charge in [0.25, 0.3) is 0 Å². The normalized spacial score (nSPS) is 16.3. The Kier molecular flexibility index (Phi) is 3.34. The van der Waals surface area contributed by atoms with Crippen molar-refractivity contribution in [3.63, 3.8) is 0 Å². The minimum Gasteiger partial charge on any atom is -0.494 e. The molecule has 0 saturated carbocycles. The fourth-order valence-corrected chi connectivity index (χ4v) is 4.67. The summed E-state index contributed by atoms with van der Waals surface area (Å²) in [5.74, 6) is -0.773. The highest BCUT2D eigenvalue weighted by molar-refractivity contribution is 6.38. The number of rotatable bonds is 2. The van der Waals surface area contributed by atoms with Gasteiger partial charge in [0.2, 0.25) is 5.88 Å². The Morgan fingerprint density at radius 2 is 2.00 bits per heavy atom. The van der Waals surface area contributed by atoms with Gasteiger partial charge in [0.15, 0.2) is 0 Å². The number of fused-ring (bicyclic) bond motifs is 4. The summed E-state index contributed by atoms with van der Waals surface area (Å²) >= 11 is 6.43. The molecule has 2 aromatic carbocycles. The third kappa shape index (κ3) is 2.15. The van der Waals surface area contributed by atoms with Gasteiger partial charge >= 0.3 is 5.97 Å². The summed E-state index contributed by atoms with van der Waals surface area (Å²) in [7, 11) is 1.95. The van der Waals surface area contributed by atoms with Crippen LogP contribution in [0.4, 0.5) is 0 Å². The summed E-state index contributed by atoms with van der Waals surface area (Å²) in [4.78, 5) is 11.4. The number of aryl methyl sites for hydroxylation is 2. The van der Waals surface area contributed by atoms with Crippen LogP contribution in [-0.4, -0.2) is 25.3 Å². The van der Waals surface area contributed by atoms with Crippen molar-refractivity contribution in [1.29, 1.82) is 0 Å². The Morgan fingerprint density at radius 1 is 1.19 bits per heavy atom. The average molecular weight is 381 g/mol. The highest BCUT2D eigenvalue weighted by Crippen LogP contribution is 2.44. The maximum absolute atomic E-state index is 11.4. The third-order valence-corrected chi connectivity index (χ3v) is 6.04. The lowest BCUT2D eigenvalue weighted by molar-refractivity contribution is 0.0696. The van der Waals surface area contributed by atoms with E-state index in [1.54, 1.807) is 12.1 Å². The zero-order valence-electron chi connectivity index (χ0n) is 14.6. The van der Waals surface area contributed by atoms with Crippen LogP contribution < -0.4 is 0 Å². The highest BCUT2D eigenvalue weighted by Gasteiger charge is 2.29. The van der Waals surface area contributed by atoms with E-state index in [9.17, 15) is 15.0 Å². The van der Waals surface area contributed by atoms with E-state index in [-0.39, 0.29) is 17.5 Å². The van der Waals surface area contributed by atoms with Gasteiger partial charge in [0, 0.05) is 18.6 Å². The van der Waals surface area contributed by atoms with Gasteiger partial charge in [0.05, 0.1) is 33.0 Å². The first-order chi connectivity index (χ1) is 13.0. The van der Waals surface area contributed by atoms with E-state index >= 15 is 0 Å². The van der Waals surface area contributed by atoms with Crippen LogP contribution in [0, 0.1) is 0 Å². The minimum absolute atomic E-state index is 0.0933. The molecule has 4 aromatic rings. The molecule has 0 spiro atoms. The first-order valence-corrected chi connectivity index (χ1v) is 9.17. The summed E-state index contributed by atoms with van der Waals surface area (Å²) in [5.41, 5.74) is 4.23. The molecule has 1 atom stereocenters. The topological polar surface area (TPSA) is 67.4 Å². The number of hydrogen-bond donors (Lipinski definition) is 2. The van der Waals surface area contributed by atoms with Gasteiger partial charge in [-0.3, -0.25) is 0 Å². The molecule has 136 valence electrons. The molecule has 27 heavy (non-hydrogen) atoms. The van der Waals surface area contributed by atoms with Gasteiger partial charge < -0.3 is 19.3 Å². The van der Waals surface area contributed by atoms with E-state index in [1.165, 1.54) is 0 Å². The van der Waals surface area contributed by atoms with Gasteiger partial charge in [-0.25, -0.2) is 4.79 Å². The second kappa shape index (κ2) is 5.54. The molecule has 2 N–H and O–H groups in total. The van der Waals surface area contributed by atoms with Crippen LogP contribution in [0.2, 0.25) is 5.02 Å². The quantitative estimate of drug-likeness (QED) is 0.528. The summed E-state index contributed by atoms with van der Waals surface area (Å²) in [6.07, 6.45) is 3.61. The Morgan fingerprint density at radius 3 is 2.78 bits per heavy atom. The largest absolute Gasteiger partial charge is 0.494 e. The van der Waals surface area contributed by atoms with Crippen molar-refractivity contribution in [2.75, 3.05) is 0 Å². The first kappa shape index (κ1) is 16.3. The lowest BCUT2D eigenvalue weighted by atomic mass is 10.0. The summed E-state index contributed by atoms with van der Waals surface area (Å²) in [5, 5.41) is 22.6. The van der Waals surface area contributed by atoms with Crippen LogP contribution in [0.5, 0.6) is 5.88 Å². The number of aromatic hydroxyl groups is 1. The van der Waals surface area contributed by atoms with Crippen LogP contribution in [0.1, 0.15) is 33.9 Å². The van der Waals surface area contributed by atoms with Crippen LogP contribution in [0.15, 0.2) is 42.6 Å². The van der Waals surface area contributed by atoms with Crippen LogP contribution in [0.25, 0.3) is 21.8 Å². The fourth-order valence-electron chi connectivity index (χ4n) is 4.40. The molecule has 0 amide bonds. The van der Waals surface area contributed by atoms with Gasteiger partial charge in [-0.1, -0.05) is 23.7 Å². The van der Waals surface area contributed by atoms with Crippen molar-refractivity contribution in [2.24, 2.45) is 7.05 Å². The third-order valence-electron chi connectivity index (χ3n) is 5.72. The monoisotopic (exact) mass is 380 g/mol. The molecular formula is C21H17ClN2O3. The standard InChI is InChI=1S/C21H17ClN2O3/c1-23-16-4-2-3-14(22)18(16)19-17(23)10-24(20(19)25)15-8-7-11-5-6-12(21(26)27)9-13(11)15/h2-6,9-10,15,25H,7-8H2,1H3,(H,26,27). The number of aromatic carboxylic acids is 1. The SMILES string of the molecule is Cn1c2cccc(Cl)c2c2c(O)n(C3CCc4ccc(C(=O)O)cc43)cc21. The lowest BCUT2D eigenvalue weighted by Crippen LogP contribution is -2.07. The second-order valence-electron chi connectivity index (χ2n) is 7.09. The van der Waals surface area contributed by atoms with Crippen LogP contribution in [-0.2, 0) is 13.5 Å². The van der Waals surface area contributed by atoms with Crippen LogP contribution in [0.3, 0.4) is 0 Å². The number of benzene rings is 2. The lowest BCUT2D eigenvalue weighted by Gasteiger charge is -2.16. The molecular weight excluding hydrogens is 364 g/mol. The number of carboxylic acids is 1. The maximum Gasteiger partial charge on any atom is 0.335 e. The van der Waals surface area contributed by atoms with E-state index in [4.69, 9.17) is 11.6 Å². The number of carbonyl (C=O) groups is 1. The molecule has 0 radical (unpaired) electrons. The molecule has 1 aliphatic carbocycles. The number of aromatic nitrogens is 2. The Bertz CT molecular complexity index is 1250. The molecule has 2 aromatic heterocycles. The Balaban J connectivity index is 1.75. The van der Waals surface area contributed by atoms with E-state index in [0.717, 1.165) is 45.8 Å². The number of nitrogens with zero attached hydrogens (tertiary/aromatic N) is 2. The predicted octanol–water partition coefficient (Wildman–Crippen LogP) is 4.73. The Labute approximate surface area is 160 Å². The van der Waals surface area contributed by atoms with Crippen molar-refractivity contribution in [3.05, 3.63) is 64.3 Å². The van der Waals surface area contributed by atoms with Gasteiger partial charge in [-0.2, -0.15) is 0 Å². The zero-order chi connectivity index (χ0) is 18.9. The summed E-state index contributed by atoms with van der Waals surface area (Å²) in [6.45, 7) is 0. The number of hydrogen-bond acceptors (Lipinski definition) is 2. The van der Waals surface area contributed by atoms with E-state index in [1.807, 2.05) is 46.6 Å². The van der Waals surface area contributed by atoms with Crippen molar-refractivity contribution in [2.45, 2.75) is 18.9 Å². The molecule has 0 aliphatic heterocycles. The zero-order valence-corrected chi connectivity index (χ0v) is 15.4. The molecule has 0 fully saturated rings. The Hall–Kier alpha value is -2.92.